The predicted octanol–water partition coefficient (Wildman–Crippen LogP) is 4.10. The zero-order valence-corrected chi connectivity index (χ0v) is 15.7. The summed E-state index contributed by atoms with van der Waals surface area (Å²) in [5, 5.41) is 9.11. The number of anilines is 2. The standard InChI is InChI=1S/C21H13ClN6O/c22-14-7-5-6-13(12-14)18-26-19-15-8-1-2-9-16(15)24-21(28(19)27-18)25-17-10-3-4-11-23-20(17)29/h1-12H,(H,23,24,25,29). The molecule has 8 heteroatoms. The van der Waals surface area contributed by atoms with Crippen LogP contribution >= 0.6 is 11.6 Å². The summed E-state index contributed by atoms with van der Waals surface area (Å²) in [4.78, 5) is 25.4. The van der Waals surface area contributed by atoms with Crippen molar-refractivity contribution in [2.75, 3.05) is 5.32 Å². The molecule has 0 saturated heterocycles. The van der Waals surface area contributed by atoms with E-state index in [0.29, 0.717) is 28.1 Å². The van der Waals surface area contributed by atoms with E-state index in [1.807, 2.05) is 36.4 Å². The first-order chi connectivity index (χ1) is 14.2. The van der Waals surface area contributed by atoms with Crippen molar-refractivity contribution in [2.24, 2.45) is 0 Å². The number of fused-ring (bicyclic) bond motifs is 3. The zero-order valence-electron chi connectivity index (χ0n) is 15.0. The normalized spacial score (nSPS) is 11.1. The Kier molecular flexibility index (Phi) is 4.14. The molecule has 0 radical (unpaired) electrons. The Hall–Kier alpha value is -3.84. The molecule has 2 aromatic carbocycles. The molecule has 3 aromatic heterocycles. The molecule has 0 aliphatic heterocycles. The molecule has 5 aromatic rings. The van der Waals surface area contributed by atoms with E-state index in [-0.39, 0.29) is 0 Å². The molecule has 1 N–H and O–H groups in total. The fraction of sp³-hybridized carbons (Fsp3) is 0. The van der Waals surface area contributed by atoms with Gasteiger partial charge < -0.3 is 5.32 Å². The highest BCUT2D eigenvalue weighted by molar-refractivity contribution is 6.30. The fourth-order valence-corrected chi connectivity index (χ4v) is 3.25. The van der Waals surface area contributed by atoms with Gasteiger partial charge in [-0.3, -0.25) is 4.79 Å². The van der Waals surface area contributed by atoms with Crippen LogP contribution in [0.2, 0.25) is 5.02 Å². The Balaban J connectivity index is 1.76. The highest BCUT2D eigenvalue weighted by Crippen LogP contribution is 2.26. The second kappa shape index (κ2) is 6.96. The van der Waals surface area contributed by atoms with Crippen LogP contribution in [0.3, 0.4) is 0 Å². The van der Waals surface area contributed by atoms with E-state index in [1.54, 1.807) is 34.8 Å². The molecule has 0 aliphatic carbocycles. The largest absolute Gasteiger partial charge is 0.319 e. The number of nitrogens with one attached hydrogen (secondary N) is 1. The first kappa shape index (κ1) is 17.3. The molecule has 3 heterocycles. The van der Waals surface area contributed by atoms with Crippen LogP contribution < -0.4 is 10.9 Å². The third kappa shape index (κ3) is 3.17. The van der Waals surface area contributed by atoms with Crippen molar-refractivity contribution < 1.29 is 0 Å². The zero-order chi connectivity index (χ0) is 19.8. The number of halogens is 1. The maximum Gasteiger partial charge on any atom is 0.293 e. The second-order valence-corrected chi connectivity index (χ2v) is 6.74. The molecule has 0 saturated carbocycles. The van der Waals surface area contributed by atoms with Crippen LogP contribution in [-0.2, 0) is 0 Å². The van der Waals surface area contributed by atoms with Crippen molar-refractivity contribution in [3.05, 3.63) is 88.3 Å². The Morgan fingerprint density at radius 3 is 2.69 bits per heavy atom. The van der Waals surface area contributed by atoms with Crippen molar-refractivity contribution in [1.82, 2.24) is 24.6 Å². The molecule has 29 heavy (non-hydrogen) atoms. The molecule has 0 amide bonds. The van der Waals surface area contributed by atoms with Gasteiger partial charge in [-0.1, -0.05) is 41.9 Å². The van der Waals surface area contributed by atoms with Crippen molar-refractivity contribution in [3.63, 3.8) is 0 Å². The van der Waals surface area contributed by atoms with Gasteiger partial charge >= 0.3 is 0 Å². The Bertz CT molecular complexity index is 1430. The van der Waals surface area contributed by atoms with Gasteiger partial charge in [-0.2, -0.15) is 4.52 Å². The summed E-state index contributed by atoms with van der Waals surface area (Å²) in [6, 6.07) is 20.0. The number of nitrogens with zero attached hydrogens (tertiary/aromatic N) is 5. The van der Waals surface area contributed by atoms with E-state index in [1.165, 1.54) is 6.20 Å². The number of hydrogen-bond donors (Lipinski definition) is 1. The quantitative estimate of drug-likeness (QED) is 0.491. The first-order valence-corrected chi connectivity index (χ1v) is 9.21. The Labute approximate surface area is 169 Å². The minimum Gasteiger partial charge on any atom is -0.319 e. The third-order valence-electron chi connectivity index (χ3n) is 4.39. The van der Waals surface area contributed by atoms with E-state index in [0.717, 1.165) is 16.5 Å². The summed E-state index contributed by atoms with van der Waals surface area (Å²) in [5.41, 5.74) is 2.03. The molecule has 7 nitrogen and oxygen atoms in total. The van der Waals surface area contributed by atoms with Crippen LogP contribution in [0.1, 0.15) is 0 Å². The smallest absolute Gasteiger partial charge is 0.293 e. The van der Waals surface area contributed by atoms with Crippen molar-refractivity contribution in [2.45, 2.75) is 0 Å². The van der Waals surface area contributed by atoms with Crippen molar-refractivity contribution in [1.29, 1.82) is 0 Å². The molecule has 140 valence electrons. The molecule has 0 bridgehead atoms. The van der Waals surface area contributed by atoms with Gasteiger partial charge in [0.25, 0.3) is 5.56 Å². The highest BCUT2D eigenvalue weighted by Gasteiger charge is 2.15. The van der Waals surface area contributed by atoms with Crippen LogP contribution in [0.25, 0.3) is 27.9 Å². The second-order valence-electron chi connectivity index (χ2n) is 6.31. The SMILES string of the molecule is O=c1nccccc1Nc1nc2ccccc2c2nc(-c3cccc(Cl)c3)nn12. The molecule has 0 unspecified atom stereocenters. The summed E-state index contributed by atoms with van der Waals surface area (Å²) in [6.45, 7) is 0. The number of benzene rings is 2. The minimum absolute atomic E-state index is 0.291. The van der Waals surface area contributed by atoms with Gasteiger partial charge in [0.1, 0.15) is 5.69 Å². The summed E-state index contributed by atoms with van der Waals surface area (Å²) in [7, 11) is 0. The molecule has 0 fully saturated rings. The molecule has 0 atom stereocenters. The van der Waals surface area contributed by atoms with E-state index >= 15 is 0 Å². The Morgan fingerprint density at radius 1 is 0.931 bits per heavy atom. The van der Waals surface area contributed by atoms with E-state index in [4.69, 9.17) is 16.6 Å². The van der Waals surface area contributed by atoms with Crippen LogP contribution in [0.15, 0.2) is 77.7 Å². The van der Waals surface area contributed by atoms with Crippen LogP contribution in [-0.4, -0.2) is 24.6 Å². The molecule has 5 rings (SSSR count). The van der Waals surface area contributed by atoms with Gasteiger partial charge in [0, 0.05) is 22.2 Å². The van der Waals surface area contributed by atoms with Crippen LogP contribution in [0.4, 0.5) is 11.6 Å². The average Bonchev–Trinajstić information content (AvgIpc) is 3.09. The number of aromatic nitrogens is 5. The number of rotatable bonds is 3. The minimum atomic E-state index is -0.395. The third-order valence-corrected chi connectivity index (χ3v) is 4.63. The van der Waals surface area contributed by atoms with Crippen LogP contribution in [0, 0.1) is 0 Å². The van der Waals surface area contributed by atoms with E-state index < -0.39 is 5.56 Å². The highest BCUT2D eigenvalue weighted by atomic mass is 35.5. The molecule has 0 spiro atoms. The van der Waals surface area contributed by atoms with Gasteiger partial charge in [-0.15, -0.1) is 5.10 Å². The number of para-hydroxylation sites is 1. The van der Waals surface area contributed by atoms with Crippen molar-refractivity contribution in [3.8, 4) is 11.4 Å². The molecular formula is C21H13ClN6O. The van der Waals surface area contributed by atoms with Crippen LogP contribution in [0.5, 0.6) is 0 Å². The van der Waals surface area contributed by atoms with Gasteiger partial charge in [0.2, 0.25) is 5.95 Å². The van der Waals surface area contributed by atoms with Gasteiger partial charge in [-0.25, -0.2) is 15.0 Å². The maximum absolute atomic E-state index is 12.2. The lowest BCUT2D eigenvalue weighted by Crippen LogP contribution is -2.11. The fourth-order valence-electron chi connectivity index (χ4n) is 3.06. The predicted molar refractivity (Wildman–Crippen MR) is 113 cm³/mol. The maximum atomic E-state index is 12.2. The summed E-state index contributed by atoms with van der Waals surface area (Å²) >= 11 is 6.13. The van der Waals surface area contributed by atoms with E-state index in [9.17, 15) is 4.79 Å². The first-order valence-electron chi connectivity index (χ1n) is 8.83. The van der Waals surface area contributed by atoms with E-state index in [2.05, 4.69) is 20.4 Å². The lowest BCUT2D eigenvalue weighted by atomic mass is 10.2. The number of hydrogen-bond acceptors (Lipinski definition) is 6. The Morgan fingerprint density at radius 2 is 1.79 bits per heavy atom. The topological polar surface area (TPSA) is 85.1 Å². The van der Waals surface area contributed by atoms with Gasteiger partial charge in [0.05, 0.1) is 5.52 Å². The average molecular weight is 401 g/mol. The van der Waals surface area contributed by atoms with Crippen molar-refractivity contribution >= 4 is 39.8 Å². The summed E-state index contributed by atoms with van der Waals surface area (Å²) < 4.78 is 1.59. The summed E-state index contributed by atoms with van der Waals surface area (Å²) in [5.74, 6) is 0.873. The van der Waals surface area contributed by atoms with Gasteiger partial charge in [-0.05, 0) is 36.4 Å². The monoisotopic (exact) mass is 400 g/mol. The molecule has 0 aliphatic rings. The van der Waals surface area contributed by atoms with Gasteiger partial charge in [0.15, 0.2) is 11.5 Å². The summed E-state index contributed by atoms with van der Waals surface area (Å²) in [6.07, 6.45) is 1.45. The molecular weight excluding hydrogens is 388 g/mol. The lowest BCUT2D eigenvalue weighted by Gasteiger charge is -2.07. The lowest BCUT2D eigenvalue weighted by molar-refractivity contribution is 0.947.